The minimum Gasteiger partial charge on any atom is -0.370 e. The molecule has 266 valence electrons. The number of fused-ring (bicyclic) bond motifs is 4. The summed E-state index contributed by atoms with van der Waals surface area (Å²) in [4.78, 5) is 25.5. The number of aryl methyl sites for hydroxylation is 3. The number of benzene rings is 2. The van der Waals surface area contributed by atoms with Gasteiger partial charge in [-0.05, 0) is 80.8 Å². The number of carbonyl (C=O) groups excluding carboxylic acids is 1. The first kappa shape index (κ1) is 33.7. The highest BCUT2D eigenvalue weighted by Gasteiger charge is 2.51. The zero-order chi connectivity index (χ0) is 35.8. The van der Waals surface area contributed by atoms with Crippen LogP contribution in [0.4, 0.5) is 4.39 Å². The Bertz CT molecular complexity index is 2300. The topological polar surface area (TPSA) is 96.1 Å². The Hall–Kier alpha value is -4.07. The maximum Gasteiger partial charge on any atom is 0.226 e. The van der Waals surface area contributed by atoms with Crippen molar-refractivity contribution in [2.24, 2.45) is 11.8 Å². The lowest BCUT2D eigenvalue weighted by Crippen LogP contribution is -2.41. The second-order valence-electron chi connectivity index (χ2n) is 15.0. The van der Waals surface area contributed by atoms with Gasteiger partial charge in [0.25, 0.3) is 0 Å². The molecule has 1 N–H and O–H groups in total. The smallest absolute Gasteiger partial charge is 0.226 e. The van der Waals surface area contributed by atoms with Crippen molar-refractivity contribution in [1.82, 2.24) is 24.8 Å². The fourth-order valence-electron chi connectivity index (χ4n) is 8.97. The molecule has 0 radical (unpaired) electrons. The third-order valence-electron chi connectivity index (χ3n) is 11.8. The van der Waals surface area contributed by atoms with Crippen LogP contribution in [0.5, 0.6) is 0 Å². The van der Waals surface area contributed by atoms with Crippen molar-refractivity contribution in [3.8, 4) is 17.2 Å². The Labute approximate surface area is 311 Å². The number of rotatable bonds is 9. The zero-order valence-corrected chi connectivity index (χ0v) is 30.6. The first-order chi connectivity index (χ1) is 25.2. The molecule has 52 heavy (non-hydrogen) atoms. The fraction of sp³-hybridized carbons (Fsp3) is 0.415. The summed E-state index contributed by atoms with van der Waals surface area (Å²) in [5, 5.41) is 15.5. The van der Waals surface area contributed by atoms with Gasteiger partial charge in [0.15, 0.2) is 5.82 Å². The van der Waals surface area contributed by atoms with E-state index in [0.29, 0.717) is 64.7 Å². The Morgan fingerprint density at radius 3 is 2.71 bits per heavy atom. The molecule has 1 amide bonds. The number of nitrogens with zero attached hydrogens (tertiary/aromatic N) is 5. The van der Waals surface area contributed by atoms with Gasteiger partial charge in [-0.2, -0.15) is 5.26 Å². The van der Waals surface area contributed by atoms with Crippen LogP contribution in [-0.4, -0.2) is 50.6 Å². The second-order valence-corrected chi connectivity index (χ2v) is 15.8. The number of nitrogens with one attached hydrogen (secondary N) is 1. The molecular weight excluding hydrogens is 698 g/mol. The zero-order valence-electron chi connectivity index (χ0n) is 29.1. The number of likely N-dealkylation sites (tertiary alicyclic amines) is 1. The van der Waals surface area contributed by atoms with Crippen LogP contribution < -0.4 is 5.32 Å². The number of nitriles is 1. The van der Waals surface area contributed by atoms with Gasteiger partial charge in [-0.25, -0.2) is 9.37 Å². The number of pyridine rings is 2. The van der Waals surface area contributed by atoms with E-state index in [2.05, 4.69) is 31.9 Å². The van der Waals surface area contributed by atoms with Crippen LogP contribution >= 0.6 is 23.2 Å². The Kier molecular flexibility index (Phi) is 8.50. The Morgan fingerprint density at radius 1 is 1.13 bits per heavy atom. The summed E-state index contributed by atoms with van der Waals surface area (Å²) in [5.74, 6) is 0.178. The molecule has 5 aromatic rings. The van der Waals surface area contributed by atoms with Crippen LogP contribution in [0.1, 0.15) is 72.4 Å². The second kappa shape index (κ2) is 13.1. The number of hydrogen-bond donors (Lipinski definition) is 1. The molecule has 2 bridgehead atoms. The van der Waals surface area contributed by atoms with Gasteiger partial charge in [0.1, 0.15) is 5.52 Å². The van der Waals surface area contributed by atoms with Gasteiger partial charge in [-0.1, -0.05) is 41.4 Å². The molecule has 5 atom stereocenters. The van der Waals surface area contributed by atoms with Crippen LogP contribution in [0.15, 0.2) is 48.7 Å². The highest BCUT2D eigenvalue weighted by Crippen LogP contribution is 2.51. The van der Waals surface area contributed by atoms with E-state index in [4.69, 9.17) is 32.9 Å². The van der Waals surface area contributed by atoms with Crippen LogP contribution in [0.2, 0.25) is 10.0 Å². The van der Waals surface area contributed by atoms with Crippen LogP contribution in [0, 0.1) is 42.8 Å². The van der Waals surface area contributed by atoms with Gasteiger partial charge in [-0.15, -0.1) is 0 Å². The van der Waals surface area contributed by atoms with E-state index in [9.17, 15) is 10.1 Å². The van der Waals surface area contributed by atoms with E-state index in [1.165, 1.54) is 0 Å². The standard InChI is InChI=1S/C41H39Cl2FN6O2/c1-21-6-5-13-46-32(21)20-52-26-16-33(49(19-26)41(51)23-10-11-23)34-17-28-22(2)48-38-29(40(28)50(34)39-25-15-31(39)47-18-25)14-24(7-4-12-45)35(37(38)44)27-8-3-9-30(42)36(27)43/h3,5-6,8-9,13-14,17,23,25-26,31,33,39,47H,4,7,10-11,15-16,18-20H2,1-2H3. The normalized spacial score (nSPS) is 23.8. The first-order valence-electron chi connectivity index (χ1n) is 18.3. The van der Waals surface area contributed by atoms with Crippen LogP contribution in [-0.2, 0) is 22.6 Å². The molecule has 5 unspecified atom stereocenters. The third-order valence-corrected chi connectivity index (χ3v) is 12.6. The first-order valence-corrected chi connectivity index (χ1v) is 19.0. The SMILES string of the molecule is Cc1cccnc1COC1CC(c2cc3c(C)nc4c(F)c(-c5cccc(Cl)c5Cl)c(CCC#N)cc4c3n2C2C3CNC2C3)N(C(=O)C2CC2)C1. The van der Waals surface area contributed by atoms with Gasteiger partial charge in [0, 0.05) is 77.4 Å². The summed E-state index contributed by atoms with van der Waals surface area (Å²) in [5.41, 5.74) is 6.40. The summed E-state index contributed by atoms with van der Waals surface area (Å²) in [6, 6.07) is 15.8. The van der Waals surface area contributed by atoms with E-state index < -0.39 is 5.82 Å². The number of amides is 1. The van der Waals surface area contributed by atoms with E-state index in [1.807, 2.05) is 32.0 Å². The highest BCUT2D eigenvalue weighted by atomic mass is 35.5. The average molecular weight is 738 g/mol. The van der Waals surface area contributed by atoms with Crippen LogP contribution in [0.3, 0.4) is 0 Å². The lowest BCUT2D eigenvalue weighted by molar-refractivity contribution is -0.134. The highest BCUT2D eigenvalue weighted by molar-refractivity contribution is 6.43. The fourth-order valence-corrected chi connectivity index (χ4v) is 9.37. The van der Waals surface area contributed by atoms with Gasteiger partial charge < -0.3 is 19.5 Å². The molecule has 10 rings (SSSR count). The molecule has 2 saturated carbocycles. The molecule has 5 aliphatic rings. The number of aromatic nitrogens is 3. The Balaban J connectivity index is 1.23. The monoisotopic (exact) mass is 736 g/mol. The minimum atomic E-state index is -0.478. The molecule has 11 heteroatoms. The van der Waals surface area contributed by atoms with Gasteiger partial charge >= 0.3 is 0 Å². The van der Waals surface area contributed by atoms with E-state index in [-0.39, 0.29) is 53.0 Å². The molecule has 0 spiro atoms. The molecule has 3 aromatic heterocycles. The van der Waals surface area contributed by atoms with Gasteiger partial charge in [0.05, 0.1) is 52.1 Å². The predicted octanol–water partition coefficient (Wildman–Crippen LogP) is 8.57. The molecule has 2 aromatic carbocycles. The van der Waals surface area contributed by atoms with E-state index >= 15 is 4.39 Å². The van der Waals surface area contributed by atoms with Crippen molar-refractivity contribution in [2.75, 3.05) is 13.1 Å². The molecule has 8 nitrogen and oxygen atoms in total. The maximum atomic E-state index is 17.2. The van der Waals surface area contributed by atoms with Crippen molar-refractivity contribution in [1.29, 1.82) is 5.26 Å². The largest absolute Gasteiger partial charge is 0.370 e. The van der Waals surface area contributed by atoms with Crippen molar-refractivity contribution in [3.63, 3.8) is 0 Å². The predicted molar refractivity (Wildman–Crippen MR) is 200 cm³/mol. The molecule has 2 aliphatic carbocycles. The van der Waals surface area contributed by atoms with Gasteiger partial charge in [0.2, 0.25) is 5.91 Å². The van der Waals surface area contributed by atoms with Crippen molar-refractivity contribution in [3.05, 3.63) is 92.7 Å². The van der Waals surface area contributed by atoms with E-state index in [0.717, 1.165) is 53.7 Å². The minimum absolute atomic E-state index is 0.0522. The van der Waals surface area contributed by atoms with E-state index in [1.54, 1.807) is 24.4 Å². The summed E-state index contributed by atoms with van der Waals surface area (Å²) >= 11 is 13.1. The maximum absolute atomic E-state index is 17.2. The number of halogens is 3. The molecular formula is C41H39Cl2FN6O2. The molecule has 5 fully saturated rings. The molecule has 6 heterocycles. The molecule has 3 saturated heterocycles. The van der Waals surface area contributed by atoms with Crippen LogP contribution in [0.25, 0.3) is 32.9 Å². The van der Waals surface area contributed by atoms with Crippen molar-refractivity contribution >= 4 is 50.9 Å². The number of carbonyl (C=O) groups is 1. The average Bonchev–Trinajstić information content (AvgIpc) is 3.43. The third kappa shape index (κ3) is 5.49. The number of hydrogen-bond acceptors (Lipinski definition) is 6. The quantitative estimate of drug-likeness (QED) is 0.163. The molecule has 3 aliphatic heterocycles. The van der Waals surface area contributed by atoms with Gasteiger partial charge in [-0.3, -0.25) is 9.78 Å². The summed E-state index contributed by atoms with van der Waals surface area (Å²) in [6.45, 7) is 5.78. The summed E-state index contributed by atoms with van der Waals surface area (Å²) in [7, 11) is 0. The summed E-state index contributed by atoms with van der Waals surface area (Å²) < 4.78 is 26.1. The van der Waals surface area contributed by atoms with Crippen molar-refractivity contribution in [2.45, 2.75) is 83.2 Å². The number of ether oxygens (including phenoxy) is 1. The summed E-state index contributed by atoms with van der Waals surface area (Å²) in [6.07, 6.45) is 5.73. The Morgan fingerprint density at radius 2 is 1.98 bits per heavy atom. The lowest BCUT2D eigenvalue weighted by atomic mass is 9.79. The lowest BCUT2D eigenvalue weighted by Gasteiger charge is -2.39. The van der Waals surface area contributed by atoms with Crippen molar-refractivity contribution < 1.29 is 13.9 Å².